The van der Waals surface area contributed by atoms with Gasteiger partial charge >= 0.3 is 5.97 Å². The molecule has 0 unspecified atom stereocenters. The number of allylic oxidation sites excluding steroid dienone is 2. The fraction of sp³-hybridized carbons (Fsp3) is 0.667. The van der Waals surface area contributed by atoms with Crippen LogP contribution >= 0.6 is 0 Å². The predicted octanol–water partition coefficient (Wildman–Crippen LogP) is 1.91. The molecule has 0 fully saturated rings. The van der Waals surface area contributed by atoms with E-state index >= 15 is 0 Å². The van der Waals surface area contributed by atoms with E-state index in [0.29, 0.717) is 0 Å². The van der Waals surface area contributed by atoms with Crippen molar-refractivity contribution < 1.29 is 9.53 Å². The molecular formula is C9H14O2. The minimum absolute atomic E-state index is 0.0816. The highest BCUT2D eigenvalue weighted by atomic mass is 16.5. The zero-order chi connectivity index (χ0) is 8.32. The molecule has 0 bridgehead atoms. The number of methoxy groups -OCH3 is 1. The van der Waals surface area contributed by atoms with E-state index in [9.17, 15) is 4.79 Å². The summed E-state index contributed by atoms with van der Waals surface area (Å²) in [5.41, 5.74) is -0.260. The summed E-state index contributed by atoms with van der Waals surface area (Å²) in [7, 11) is 1.45. The monoisotopic (exact) mass is 154 g/mol. The van der Waals surface area contributed by atoms with Gasteiger partial charge in [-0.05, 0) is 26.2 Å². The summed E-state index contributed by atoms with van der Waals surface area (Å²) in [5, 5.41) is 0. The van der Waals surface area contributed by atoms with E-state index in [1.807, 2.05) is 6.92 Å². The fourth-order valence-corrected chi connectivity index (χ4v) is 1.40. The van der Waals surface area contributed by atoms with E-state index in [0.717, 1.165) is 19.3 Å². The molecule has 1 aliphatic rings. The Bertz CT molecular complexity index is 184. The van der Waals surface area contributed by atoms with E-state index in [1.165, 1.54) is 7.11 Å². The minimum atomic E-state index is -0.260. The Morgan fingerprint density at radius 3 is 2.73 bits per heavy atom. The summed E-state index contributed by atoms with van der Waals surface area (Å²) < 4.78 is 4.72. The smallest absolute Gasteiger partial charge is 0.311 e. The minimum Gasteiger partial charge on any atom is -0.469 e. The van der Waals surface area contributed by atoms with Gasteiger partial charge in [0.05, 0.1) is 12.5 Å². The molecular weight excluding hydrogens is 140 g/mol. The molecule has 2 nitrogen and oxygen atoms in total. The van der Waals surface area contributed by atoms with Crippen molar-refractivity contribution >= 4 is 5.97 Å². The molecule has 2 heteroatoms. The molecule has 0 aromatic carbocycles. The quantitative estimate of drug-likeness (QED) is 0.426. The first-order chi connectivity index (χ1) is 5.19. The molecule has 0 aliphatic heterocycles. The van der Waals surface area contributed by atoms with Crippen molar-refractivity contribution in [2.24, 2.45) is 5.41 Å². The molecule has 1 aliphatic carbocycles. The van der Waals surface area contributed by atoms with Crippen LogP contribution < -0.4 is 0 Å². The van der Waals surface area contributed by atoms with Gasteiger partial charge in [0.25, 0.3) is 0 Å². The maximum Gasteiger partial charge on any atom is 0.311 e. The van der Waals surface area contributed by atoms with Gasteiger partial charge in [-0.25, -0.2) is 0 Å². The molecule has 0 aromatic heterocycles. The summed E-state index contributed by atoms with van der Waals surface area (Å²) in [5.74, 6) is -0.0816. The number of hydrogen-bond acceptors (Lipinski definition) is 2. The number of esters is 1. The van der Waals surface area contributed by atoms with Crippen LogP contribution in [-0.2, 0) is 9.53 Å². The molecule has 0 saturated heterocycles. The average molecular weight is 154 g/mol. The van der Waals surface area contributed by atoms with Crippen molar-refractivity contribution in [3.63, 3.8) is 0 Å². The van der Waals surface area contributed by atoms with Gasteiger partial charge in [0.1, 0.15) is 0 Å². The Labute approximate surface area is 67.2 Å². The van der Waals surface area contributed by atoms with Crippen LogP contribution in [0.25, 0.3) is 0 Å². The van der Waals surface area contributed by atoms with E-state index in [2.05, 4.69) is 12.2 Å². The summed E-state index contributed by atoms with van der Waals surface area (Å²) in [6, 6.07) is 0. The number of ether oxygens (including phenoxy) is 1. The lowest BCUT2D eigenvalue weighted by Crippen LogP contribution is -2.29. The predicted molar refractivity (Wildman–Crippen MR) is 43.1 cm³/mol. The molecule has 0 radical (unpaired) electrons. The Hall–Kier alpha value is -0.790. The first-order valence-corrected chi connectivity index (χ1v) is 3.92. The zero-order valence-corrected chi connectivity index (χ0v) is 7.09. The van der Waals surface area contributed by atoms with Crippen molar-refractivity contribution in [1.29, 1.82) is 0 Å². The third-order valence-electron chi connectivity index (χ3n) is 2.28. The van der Waals surface area contributed by atoms with Gasteiger partial charge in [0, 0.05) is 0 Å². The van der Waals surface area contributed by atoms with Crippen LogP contribution in [0.5, 0.6) is 0 Å². The van der Waals surface area contributed by atoms with Gasteiger partial charge in [-0.1, -0.05) is 12.2 Å². The second-order valence-electron chi connectivity index (χ2n) is 3.27. The first-order valence-electron chi connectivity index (χ1n) is 3.92. The van der Waals surface area contributed by atoms with Crippen LogP contribution in [0.15, 0.2) is 12.2 Å². The third-order valence-corrected chi connectivity index (χ3v) is 2.28. The lowest BCUT2D eigenvalue weighted by molar-refractivity contribution is -0.152. The second kappa shape index (κ2) is 3.07. The molecule has 0 N–H and O–H groups in total. The van der Waals surface area contributed by atoms with Crippen LogP contribution in [0, 0.1) is 5.41 Å². The van der Waals surface area contributed by atoms with Gasteiger partial charge in [0.15, 0.2) is 0 Å². The standard InChI is InChI=1S/C9H14O2/c1-9(8(10)11-2)6-4-3-5-7-9/h3-4H,5-7H2,1-2H3/t9-/m0/s1. The van der Waals surface area contributed by atoms with Crippen molar-refractivity contribution in [3.8, 4) is 0 Å². The Morgan fingerprint density at radius 1 is 1.55 bits per heavy atom. The van der Waals surface area contributed by atoms with Crippen LogP contribution in [0.1, 0.15) is 26.2 Å². The van der Waals surface area contributed by atoms with Crippen LogP contribution in [-0.4, -0.2) is 13.1 Å². The molecule has 62 valence electrons. The van der Waals surface area contributed by atoms with Crippen molar-refractivity contribution in [2.45, 2.75) is 26.2 Å². The van der Waals surface area contributed by atoms with Crippen LogP contribution in [0.4, 0.5) is 0 Å². The topological polar surface area (TPSA) is 26.3 Å². The molecule has 11 heavy (non-hydrogen) atoms. The van der Waals surface area contributed by atoms with Crippen molar-refractivity contribution in [1.82, 2.24) is 0 Å². The number of carbonyl (C=O) groups is 1. The van der Waals surface area contributed by atoms with Gasteiger partial charge in [-0.3, -0.25) is 4.79 Å². The first kappa shape index (κ1) is 8.31. The second-order valence-corrected chi connectivity index (χ2v) is 3.27. The highest BCUT2D eigenvalue weighted by Gasteiger charge is 2.33. The highest BCUT2D eigenvalue weighted by Crippen LogP contribution is 2.32. The summed E-state index contributed by atoms with van der Waals surface area (Å²) in [6.45, 7) is 1.96. The number of hydrogen-bond donors (Lipinski definition) is 0. The highest BCUT2D eigenvalue weighted by molar-refractivity contribution is 5.76. The van der Waals surface area contributed by atoms with Crippen LogP contribution in [0.3, 0.4) is 0 Å². The molecule has 1 rings (SSSR count). The van der Waals surface area contributed by atoms with Gasteiger partial charge in [-0.2, -0.15) is 0 Å². The molecule has 1 atom stereocenters. The summed E-state index contributed by atoms with van der Waals surface area (Å²) in [6.07, 6.45) is 6.90. The third kappa shape index (κ3) is 1.62. The molecule has 0 heterocycles. The number of rotatable bonds is 1. The molecule has 0 amide bonds. The lowest BCUT2D eigenvalue weighted by Gasteiger charge is -2.27. The lowest BCUT2D eigenvalue weighted by atomic mass is 9.79. The summed E-state index contributed by atoms with van der Waals surface area (Å²) >= 11 is 0. The maximum atomic E-state index is 11.2. The van der Waals surface area contributed by atoms with Crippen molar-refractivity contribution in [3.05, 3.63) is 12.2 Å². The van der Waals surface area contributed by atoms with Gasteiger partial charge in [-0.15, -0.1) is 0 Å². The number of carbonyl (C=O) groups excluding carboxylic acids is 1. The molecule has 0 saturated carbocycles. The van der Waals surface area contributed by atoms with Gasteiger partial charge < -0.3 is 4.74 Å². The van der Waals surface area contributed by atoms with E-state index in [1.54, 1.807) is 0 Å². The van der Waals surface area contributed by atoms with Crippen molar-refractivity contribution in [2.75, 3.05) is 7.11 Å². The van der Waals surface area contributed by atoms with E-state index < -0.39 is 0 Å². The van der Waals surface area contributed by atoms with Gasteiger partial charge in [0.2, 0.25) is 0 Å². The normalized spacial score (nSPS) is 30.0. The van der Waals surface area contributed by atoms with Crippen LogP contribution in [0.2, 0.25) is 0 Å². The Kier molecular flexibility index (Phi) is 2.32. The Balaban J connectivity index is 2.66. The maximum absolute atomic E-state index is 11.2. The molecule has 0 spiro atoms. The summed E-state index contributed by atoms with van der Waals surface area (Å²) in [4.78, 5) is 11.2. The van der Waals surface area contributed by atoms with E-state index in [-0.39, 0.29) is 11.4 Å². The molecule has 0 aromatic rings. The van der Waals surface area contributed by atoms with E-state index in [4.69, 9.17) is 4.74 Å². The fourth-order valence-electron chi connectivity index (χ4n) is 1.40. The Morgan fingerprint density at radius 2 is 2.27 bits per heavy atom. The zero-order valence-electron chi connectivity index (χ0n) is 7.09. The SMILES string of the molecule is COC(=O)[C@@]1(C)CC=CCC1. The average Bonchev–Trinajstić information content (AvgIpc) is 2.04. The largest absolute Gasteiger partial charge is 0.469 e.